The molecule has 0 saturated heterocycles. The summed E-state index contributed by atoms with van der Waals surface area (Å²) in [6.45, 7) is 10.1. The summed E-state index contributed by atoms with van der Waals surface area (Å²) in [5.74, 6) is 0. The van der Waals surface area contributed by atoms with E-state index in [1.54, 1.807) is 6.08 Å². The Morgan fingerprint density at radius 1 is 0.645 bits per heavy atom. The van der Waals surface area contributed by atoms with Gasteiger partial charge in [0.15, 0.2) is 0 Å². The van der Waals surface area contributed by atoms with Gasteiger partial charge in [0.2, 0.25) is 0 Å². The first-order chi connectivity index (χ1) is 15.2. The van der Waals surface area contributed by atoms with Crippen LogP contribution in [-0.2, 0) is 0 Å². The lowest BCUT2D eigenvalue weighted by Crippen LogP contribution is -1.88. The molecule has 0 unspecified atom stereocenters. The first-order valence-corrected chi connectivity index (χ1v) is 10.5. The maximum Gasteiger partial charge on any atom is -0.0154 e. The van der Waals surface area contributed by atoms with Crippen molar-refractivity contribution < 1.29 is 0 Å². The third-order valence-corrected chi connectivity index (χ3v) is 5.51. The van der Waals surface area contributed by atoms with E-state index in [1.807, 2.05) is 12.2 Å². The highest BCUT2D eigenvalue weighted by Crippen LogP contribution is 2.32. The largest absolute Gasteiger partial charge is 0.0991 e. The van der Waals surface area contributed by atoms with Crippen LogP contribution in [0.15, 0.2) is 128 Å². The van der Waals surface area contributed by atoms with E-state index >= 15 is 0 Å². The first kappa shape index (κ1) is 20.4. The number of benzene rings is 4. The number of allylic oxidation sites excluding steroid dienone is 4. The van der Waals surface area contributed by atoms with Crippen LogP contribution in [0.25, 0.3) is 39.0 Å². The highest BCUT2D eigenvalue weighted by molar-refractivity contribution is 5.80. The molecule has 0 amide bonds. The quantitative estimate of drug-likeness (QED) is 0.285. The van der Waals surface area contributed by atoms with Crippen molar-refractivity contribution in [1.82, 2.24) is 0 Å². The molecule has 4 rings (SSSR count). The van der Waals surface area contributed by atoms with E-state index in [0.717, 1.165) is 11.1 Å². The number of aryl methyl sites for hydroxylation is 1. The van der Waals surface area contributed by atoms with Gasteiger partial charge in [0, 0.05) is 0 Å². The van der Waals surface area contributed by atoms with Gasteiger partial charge in [0.05, 0.1) is 0 Å². The second kappa shape index (κ2) is 9.28. The summed E-state index contributed by atoms with van der Waals surface area (Å²) in [6.07, 6.45) is 5.67. The number of hydrogen-bond donors (Lipinski definition) is 0. The fourth-order valence-electron chi connectivity index (χ4n) is 3.84. The molecule has 4 aromatic carbocycles. The average molecular weight is 399 g/mol. The Hall–Kier alpha value is -3.90. The Balaban J connectivity index is 1.66. The number of hydrogen-bond acceptors (Lipinski definition) is 0. The Bertz CT molecular complexity index is 1260. The van der Waals surface area contributed by atoms with E-state index in [0.29, 0.717) is 0 Å². The summed E-state index contributed by atoms with van der Waals surface area (Å²) < 4.78 is 0. The van der Waals surface area contributed by atoms with Crippen molar-refractivity contribution in [3.63, 3.8) is 0 Å². The van der Waals surface area contributed by atoms with E-state index in [-0.39, 0.29) is 0 Å². The van der Waals surface area contributed by atoms with Gasteiger partial charge in [-0.25, -0.2) is 0 Å². The fraction of sp³-hybridized carbons (Fsp3) is 0.0323. The third-order valence-electron chi connectivity index (χ3n) is 5.51. The lowest BCUT2D eigenvalue weighted by Gasteiger charge is -2.12. The standard InChI is InChI=1S/C31H26/c1-4-5-11-23(2)26-14-9-17-30(21-26)31-19-18-29(20-24(31)3)28-16-10-15-27(22-28)25-12-7-6-8-13-25/h4-22H,1-2H2,3H3/b11-5-. The van der Waals surface area contributed by atoms with Gasteiger partial charge in [0.25, 0.3) is 0 Å². The predicted octanol–water partition coefficient (Wildman–Crippen LogP) is 8.75. The fourth-order valence-corrected chi connectivity index (χ4v) is 3.84. The first-order valence-electron chi connectivity index (χ1n) is 10.5. The molecule has 0 heterocycles. The summed E-state index contributed by atoms with van der Waals surface area (Å²) in [5.41, 5.74) is 10.7. The van der Waals surface area contributed by atoms with Crippen LogP contribution in [0, 0.1) is 6.92 Å². The second-order valence-corrected chi connectivity index (χ2v) is 7.68. The summed E-state index contributed by atoms with van der Waals surface area (Å²) in [5, 5.41) is 0. The van der Waals surface area contributed by atoms with E-state index < -0.39 is 0 Å². The van der Waals surface area contributed by atoms with Gasteiger partial charge in [-0.05, 0) is 69.1 Å². The monoisotopic (exact) mass is 398 g/mol. The average Bonchev–Trinajstić information content (AvgIpc) is 2.83. The molecule has 0 spiro atoms. The van der Waals surface area contributed by atoms with Crippen LogP contribution < -0.4 is 0 Å². The van der Waals surface area contributed by atoms with Crippen molar-refractivity contribution in [2.45, 2.75) is 6.92 Å². The van der Waals surface area contributed by atoms with Gasteiger partial charge < -0.3 is 0 Å². The van der Waals surface area contributed by atoms with Crippen molar-refractivity contribution in [2.24, 2.45) is 0 Å². The zero-order valence-electron chi connectivity index (χ0n) is 17.9. The molecule has 0 heteroatoms. The second-order valence-electron chi connectivity index (χ2n) is 7.68. The molecule has 0 aliphatic rings. The van der Waals surface area contributed by atoms with Crippen LogP contribution in [-0.4, -0.2) is 0 Å². The number of rotatable bonds is 6. The van der Waals surface area contributed by atoms with Crippen molar-refractivity contribution in [3.8, 4) is 33.4 Å². The minimum Gasteiger partial charge on any atom is -0.0991 e. The van der Waals surface area contributed by atoms with Crippen LogP contribution in [0.2, 0.25) is 0 Å². The Labute approximate surface area is 185 Å². The molecule has 4 aromatic rings. The lowest BCUT2D eigenvalue weighted by atomic mass is 9.93. The molecule has 150 valence electrons. The van der Waals surface area contributed by atoms with Crippen molar-refractivity contribution >= 4 is 5.57 Å². The van der Waals surface area contributed by atoms with E-state index in [4.69, 9.17) is 0 Å². The molecule has 0 atom stereocenters. The molecule has 0 saturated carbocycles. The van der Waals surface area contributed by atoms with Gasteiger partial charge in [0.1, 0.15) is 0 Å². The summed E-state index contributed by atoms with van der Waals surface area (Å²) >= 11 is 0. The van der Waals surface area contributed by atoms with E-state index in [2.05, 4.69) is 117 Å². The molecular weight excluding hydrogens is 372 g/mol. The van der Waals surface area contributed by atoms with Crippen molar-refractivity contribution in [3.05, 3.63) is 140 Å². The van der Waals surface area contributed by atoms with Crippen LogP contribution >= 0.6 is 0 Å². The van der Waals surface area contributed by atoms with Crippen LogP contribution in [0.1, 0.15) is 11.1 Å². The molecule has 0 aliphatic carbocycles. The molecule has 31 heavy (non-hydrogen) atoms. The molecule has 0 bridgehead atoms. The Morgan fingerprint density at radius 3 is 2.03 bits per heavy atom. The molecule has 0 aromatic heterocycles. The SMILES string of the molecule is C=C/C=C\C(=C)c1cccc(-c2ccc(-c3cccc(-c4ccccc4)c3)cc2C)c1. The molecule has 0 nitrogen and oxygen atoms in total. The van der Waals surface area contributed by atoms with E-state index in [1.165, 1.54) is 38.9 Å². The molecule has 0 radical (unpaired) electrons. The predicted molar refractivity (Wildman–Crippen MR) is 136 cm³/mol. The van der Waals surface area contributed by atoms with Gasteiger partial charge in [-0.3, -0.25) is 0 Å². The Kier molecular flexibility index (Phi) is 6.10. The highest BCUT2D eigenvalue weighted by atomic mass is 14.1. The molecule has 0 aliphatic heterocycles. The van der Waals surface area contributed by atoms with Crippen LogP contribution in [0.4, 0.5) is 0 Å². The maximum atomic E-state index is 4.17. The summed E-state index contributed by atoms with van der Waals surface area (Å²) in [4.78, 5) is 0. The van der Waals surface area contributed by atoms with Crippen LogP contribution in [0.5, 0.6) is 0 Å². The maximum absolute atomic E-state index is 4.17. The minimum atomic E-state index is 0.980. The molecule has 0 fully saturated rings. The summed E-state index contributed by atoms with van der Waals surface area (Å²) in [6, 6.07) is 34.5. The molecule has 0 N–H and O–H groups in total. The van der Waals surface area contributed by atoms with Crippen LogP contribution in [0.3, 0.4) is 0 Å². The third kappa shape index (κ3) is 4.65. The zero-order valence-corrected chi connectivity index (χ0v) is 17.9. The smallest absolute Gasteiger partial charge is 0.0154 e. The molecular formula is C31H26. The van der Waals surface area contributed by atoms with Gasteiger partial charge >= 0.3 is 0 Å². The van der Waals surface area contributed by atoms with E-state index in [9.17, 15) is 0 Å². The minimum absolute atomic E-state index is 0.980. The Morgan fingerprint density at radius 2 is 1.29 bits per heavy atom. The van der Waals surface area contributed by atoms with Gasteiger partial charge in [-0.2, -0.15) is 0 Å². The zero-order chi connectivity index (χ0) is 21.6. The topological polar surface area (TPSA) is 0 Å². The lowest BCUT2D eigenvalue weighted by molar-refractivity contribution is 1.45. The van der Waals surface area contributed by atoms with Crippen molar-refractivity contribution in [2.75, 3.05) is 0 Å². The highest BCUT2D eigenvalue weighted by Gasteiger charge is 2.07. The summed E-state index contributed by atoms with van der Waals surface area (Å²) in [7, 11) is 0. The van der Waals surface area contributed by atoms with Gasteiger partial charge in [-0.15, -0.1) is 0 Å². The van der Waals surface area contributed by atoms with Gasteiger partial charge in [-0.1, -0.05) is 116 Å². The van der Waals surface area contributed by atoms with Crippen molar-refractivity contribution in [1.29, 1.82) is 0 Å². The normalized spacial score (nSPS) is 10.9.